The van der Waals surface area contributed by atoms with Crippen molar-refractivity contribution in [2.75, 3.05) is 11.9 Å². The fourth-order valence-corrected chi connectivity index (χ4v) is 2.59. The van der Waals surface area contributed by atoms with Gasteiger partial charge in [-0.1, -0.05) is 17.7 Å². The molecule has 0 aromatic heterocycles. The molecule has 0 spiro atoms. The molecule has 2 aromatic carbocycles. The van der Waals surface area contributed by atoms with Crippen LogP contribution in [0.4, 0.5) is 14.5 Å². The molecule has 0 aliphatic rings. The molecule has 7 heteroatoms. The van der Waals surface area contributed by atoms with E-state index in [9.17, 15) is 23.5 Å². The van der Waals surface area contributed by atoms with Gasteiger partial charge in [0.05, 0.1) is 6.54 Å². The van der Waals surface area contributed by atoms with Gasteiger partial charge in [0.1, 0.15) is 22.9 Å². The number of carbonyl (C=O) groups is 2. The van der Waals surface area contributed by atoms with Gasteiger partial charge >= 0.3 is 0 Å². The number of hydrogen-bond donors (Lipinski definition) is 3. The van der Waals surface area contributed by atoms with Gasteiger partial charge < -0.3 is 15.7 Å². The molecule has 3 N–H and O–H groups in total. The summed E-state index contributed by atoms with van der Waals surface area (Å²) in [6.07, 6.45) is 0. The van der Waals surface area contributed by atoms with E-state index in [-0.39, 0.29) is 0 Å². The summed E-state index contributed by atoms with van der Waals surface area (Å²) < 4.78 is 26.6. The van der Waals surface area contributed by atoms with Gasteiger partial charge in [-0.15, -0.1) is 0 Å². The average molecular weight is 348 g/mol. The molecule has 0 saturated carbocycles. The van der Waals surface area contributed by atoms with Crippen molar-refractivity contribution in [2.45, 2.75) is 20.8 Å². The molecule has 0 radical (unpaired) electrons. The maximum absolute atomic E-state index is 13.6. The highest BCUT2D eigenvalue weighted by Crippen LogP contribution is 2.23. The van der Waals surface area contributed by atoms with Crippen molar-refractivity contribution in [2.24, 2.45) is 0 Å². The van der Waals surface area contributed by atoms with Gasteiger partial charge in [0.25, 0.3) is 5.91 Å². The first-order valence-electron chi connectivity index (χ1n) is 7.53. The Morgan fingerprint density at radius 2 is 1.64 bits per heavy atom. The van der Waals surface area contributed by atoms with E-state index in [2.05, 4.69) is 10.6 Å². The second kappa shape index (κ2) is 7.29. The highest BCUT2D eigenvalue weighted by molar-refractivity contribution is 6.01. The van der Waals surface area contributed by atoms with Gasteiger partial charge in [-0.25, -0.2) is 8.78 Å². The van der Waals surface area contributed by atoms with E-state index in [4.69, 9.17) is 0 Å². The van der Waals surface area contributed by atoms with Crippen LogP contribution in [0.2, 0.25) is 0 Å². The maximum atomic E-state index is 13.6. The van der Waals surface area contributed by atoms with Crippen LogP contribution in [-0.4, -0.2) is 23.5 Å². The first-order chi connectivity index (χ1) is 11.7. The molecule has 132 valence electrons. The van der Waals surface area contributed by atoms with Crippen molar-refractivity contribution in [1.29, 1.82) is 0 Å². The highest BCUT2D eigenvalue weighted by atomic mass is 19.1. The number of anilines is 1. The van der Waals surface area contributed by atoms with Crippen molar-refractivity contribution >= 4 is 17.5 Å². The first-order valence-corrected chi connectivity index (χ1v) is 7.53. The molecular formula is C18H18F2N2O3. The van der Waals surface area contributed by atoms with Gasteiger partial charge in [-0.05, 0) is 31.9 Å². The van der Waals surface area contributed by atoms with E-state index in [0.717, 1.165) is 16.7 Å². The number of aromatic hydroxyl groups is 1. The number of aryl methyl sites for hydroxylation is 3. The lowest BCUT2D eigenvalue weighted by molar-refractivity contribution is -0.115. The van der Waals surface area contributed by atoms with E-state index in [1.165, 1.54) is 0 Å². The highest BCUT2D eigenvalue weighted by Gasteiger charge is 2.19. The Morgan fingerprint density at radius 3 is 2.20 bits per heavy atom. The number of carbonyl (C=O) groups excluding carboxylic acids is 2. The van der Waals surface area contributed by atoms with E-state index in [1.807, 2.05) is 32.9 Å². The van der Waals surface area contributed by atoms with E-state index in [1.54, 1.807) is 0 Å². The average Bonchev–Trinajstić information content (AvgIpc) is 2.47. The number of nitrogens with one attached hydrogen (secondary N) is 2. The lowest BCUT2D eigenvalue weighted by atomic mass is 10.1. The van der Waals surface area contributed by atoms with Crippen LogP contribution in [0.15, 0.2) is 24.3 Å². The summed E-state index contributed by atoms with van der Waals surface area (Å²) in [5.74, 6) is -4.57. The molecular weight excluding hydrogens is 330 g/mol. The molecule has 25 heavy (non-hydrogen) atoms. The Morgan fingerprint density at radius 1 is 1.04 bits per heavy atom. The van der Waals surface area contributed by atoms with Crippen LogP contribution in [-0.2, 0) is 4.79 Å². The smallest absolute Gasteiger partial charge is 0.258 e. The zero-order chi connectivity index (χ0) is 18.7. The van der Waals surface area contributed by atoms with Crippen LogP contribution in [0.1, 0.15) is 27.0 Å². The Balaban J connectivity index is 2.05. The predicted octanol–water partition coefficient (Wildman–Crippen LogP) is 2.96. The predicted molar refractivity (Wildman–Crippen MR) is 89.6 cm³/mol. The largest absolute Gasteiger partial charge is 0.507 e. The number of amides is 2. The standard InChI is InChI=1S/C18H18F2N2O3/c1-9-4-10(2)17(11(3)5-9)22-15(24)8-21-18(25)16-13(20)6-12(19)7-14(16)23/h4-7,23H,8H2,1-3H3,(H,21,25)(H,22,24). The van der Waals surface area contributed by atoms with Crippen LogP contribution >= 0.6 is 0 Å². The number of phenolic OH excluding ortho intramolecular Hbond substituents is 1. The normalized spacial score (nSPS) is 10.4. The molecule has 0 unspecified atom stereocenters. The number of hydrogen-bond acceptors (Lipinski definition) is 3. The van der Waals surface area contributed by atoms with Gasteiger partial charge in [-0.2, -0.15) is 0 Å². The zero-order valence-corrected chi connectivity index (χ0v) is 14.0. The summed E-state index contributed by atoms with van der Waals surface area (Å²) in [6, 6.07) is 4.92. The van der Waals surface area contributed by atoms with E-state index in [0.29, 0.717) is 17.8 Å². The first kappa shape index (κ1) is 18.4. The summed E-state index contributed by atoms with van der Waals surface area (Å²) >= 11 is 0. The lowest BCUT2D eigenvalue weighted by Crippen LogP contribution is -2.33. The summed E-state index contributed by atoms with van der Waals surface area (Å²) in [5, 5.41) is 14.4. The topological polar surface area (TPSA) is 78.4 Å². The summed E-state index contributed by atoms with van der Waals surface area (Å²) in [5.41, 5.74) is 2.74. The Hall–Kier alpha value is -2.96. The molecule has 0 heterocycles. The molecule has 2 aromatic rings. The zero-order valence-electron chi connectivity index (χ0n) is 14.0. The van der Waals surface area contributed by atoms with Gasteiger partial charge in [-0.3, -0.25) is 9.59 Å². The van der Waals surface area contributed by atoms with Crippen LogP contribution in [0.3, 0.4) is 0 Å². The van der Waals surface area contributed by atoms with Crippen LogP contribution in [0.5, 0.6) is 5.75 Å². The van der Waals surface area contributed by atoms with Crippen LogP contribution in [0, 0.1) is 32.4 Å². The molecule has 0 fully saturated rings. The summed E-state index contributed by atoms with van der Waals surface area (Å²) in [4.78, 5) is 23.9. The minimum atomic E-state index is -1.21. The lowest BCUT2D eigenvalue weighted by Gasteiger charge is -2.13. The van der Waals surface area contributed by atoms with Crippen molar-refractivity contribution in [1.82, 2.24) is 5.32 Å². The molecule has 5 nitrogen and oxygen atoms in total. The van der Waals surface area contributed by atoms with Crippen molar-refractivity contribution in [3.8, 4) is 5.75 Å². The Labute approximate surface area is 143 Å². The molecule has 0 aliphatic carbocycles. The molecule has 0 saturated heterocycles. The third kappa shape index (κ3) is 4.32. The molecule has 0 bridgehead atoms. The fourth-order valence-electron chi connectivity index (χ4n) is 2.59. The monoisotopic (exact) mass is 348 g/mol. The van der Waals surface area contributed by atoms with Crippen LogP contribution < -0.4 is 10.6 Å². The fraction of sp³-hybridized carbons (Fsp3) is 0.222. The summed E-state index contributed by atoms with van der Waals surface area (Å²) in [6.45, 7) is 5.21. The molecule has 2 amide bonds. The van der Waals surface area contributed by atoms with E-state index >= 15 is 0 Å². The van der Waals surface area contributed by atoms with Crippen LogP contribution in [0.25, 0.3) is 0 Å². The molecule has 2 rings (SSSR count). The minimum absolute atomic E-state index is 0.429. The second-order valence-corrected chi connectivity index (χ2v) is 5.79. The SMILES string of the molecule is Cc1cc(C)c(NC(=O)CNC(=O)c2c(O)cc(F)cc2F)c(C)c1. The third-order valence-electron chi connectivity index (χ3n) is 3.61. The van der Waals surface area contributed by atoms with Crippen molar-refractivity contribution in [3.63, 3.8) is 0 Å². The number of halogens is 2. The molecule has 0 atom stereocenters. The Bertz CT molecular complexity index is 804. The summed E-state index contributed by atoms with van der Waals surface area (Å²) in [7, 11) is 0. The number of benzene rings is 2. The Kier molecular flexibility index (Phi) is 5.36. The second-order valence-electron chi connectivity index (χ2n) is 5.79. The number of phenols is 1. The minimum Gasteiger partial charge on any atom is -0.507 e. The van der Waals surface area contributed by atoms with E-state index < -0.39 is 41.3 Å². The van der Waals surface area contributed by atoms with Gasteiger partial charge in [0.2, 0.25) is 5.91 Å². The van der Waals surface area contributed by atoms with Crippen molar-refractivity contribution in [3.05, 3.63) is 58.2 Å². The molecule has 0 aliphatic heterocycles. The van der Waals surface area contributed by atoms with Gasteiger partial charge in [0.15, 0.2) is 0 Å². The third-order valence-corrected chi connectivity index (χ3v) is 3.61. The number of rotatable bonds is 4. The van der Waals surface area contributed by atoms with Crippen molar-refractivity contribution < 1.29 is 23.5 Å². The maximum Gasteiger partial charge on any atom is 0.258 e. The van der Waals surface area contributed by atoms with Gasteiger partial charge in [0, 0.05) is 17.8 Å². The quantitative estimate of drug-likeness (QED) is 0.795.